The van der Waals surface area contributed by atoms with E-state index in [-0.39, 0.29) is 23.7 Å². The number of rotatable bonds is 2. The van der Waals surface area contributed by atoms with Crippen LogP contribution in [-0.2, 0) is 10.2 Å². The largest absolute Gasteiger partial charge is 0.324 e. The van der Waals surface area contributed by atoms with Crippen LogP contribution in [0.4, 0.5) is 5.69 Å². The minimum atomic E-state index is -0.664. The Hall–Kier alpha value is -1.06. The summed E-state index contributed by atoms with van der Waals surface area (Å²) >= 11 is 0. The minimum absolute atomic E-state index is 0. The average Bonchev–Trinajstić information content (AvgIpc) is 2.77. The van der Waals surface area contributed by atoms with E-state index in [9.17, 15) is 4.79 Å². The van der Waals surface area contributed by atoms with Crippen LogP contribution in [0.1, 0.15) is 52.0 Å². The number of carbonyl (C=O) groups is 1. The first kappa shape index (κ1) is 17.0. The summed E-state index contributed by atoms with van der Waals surface area (Å²) in [5.41, 5.74) is 7.69. The van der Waals surface area contributed by atoms with Gasteiger partial charge in [0.2, 0.25) is 5.91 Å². The number of anilines is 1. The summed E-state index contributed by atoms with van der Waals surface area (Å²) < 4.78 is 0. The molecule has 1 amide bonds. The number of nitrogens with one attached hydrogen (secondary N) is 1. The van der Waals surface area contributed by atoms with E-state index >= 15 is 0 Å². The maximum absolute atomic E-state index is 12.2. The fourth-order valence-electron chi connectivity index (χ4n) is 2.54. The number of nitrogens with two attached hydrogens (primary N) is 1. The van der Waals surface area contributed by atoms with E-state index in [0.717, 1.165) is 31.4 Å². The summed E-state index contributed by atoms with van der Waals surface area (Å²) in [6, 6.07) is 8.04. The molecule has 0 aliphatic heterocycles. The SMILES string of the molecule is CC(C)(C)c1ccc(NC(=O)C2(N)CCCC2)cc1.Cl. The highest BCUT2D eigenvalue weighted by Crippen LogP contribution is 2.29. The van der Waals surface area contributed by atoms with Gasteiger partial charge in [-0.1, -0.05) is 45.7 Å². The normalized spacial score (nSPS) is 17.4. The number of halogens is 1. The second kappa shape index (κ2) is 6.15. The van der Waals surface area contributed by atoms with Crippen molar-refractivity contribution in [3.63, 3.8) is 0 Å². The Labute approximate surface area is 127 Å². The highest BCUT2D eigenvalue weighted by molar-refractivity contribution is 5.98. The molecule has 0 saturated heterocycles. The third-order valence-corrected chi connectivity index (χ3v) is 3.96. The Balaban J connectivity index is 0.00000200. The van der Waals surface area contributed by atoms with Gasteiger partial charge in [0, 0.05) is 5.69 Å². The van der Waals surface area contributed by atoms with Crippen molar-refractivity contribution in [1.82, 2.24) is 0 Å². The van der Waals surface area contributed by atoms with Crippen molar-refractivity contribution in [3.05, 3.63) is 29.8 Å². The fourth-order valence-corrected chi connectivity index (χ4v) is 2.54. The topological polar surface area (TPSA) is 55.1 Å². The molecule has 1 aliphatic rings. The van der Waals surface area contributed by atoms with Gasteiger partial charge >= 0.3 is 0 Å². The maximum atomic E-state index is 12.2. The molecule has 1 saturated carbocycles. The van der Waals surface area contributed by atoms with E-state index in [4.69, 9.17) is 5.73 Å². The molecule has 0 heterocycles. The number of benzene rings is 1. The van der Waals surface area contributed by atoms with Crippen molar-refractivity contribution >= 4 is 24.0 Å². The first-order valence-corrected chi connectivity index (χ1v) is 7.02. The van der Waals surface area contributed by atoms with Gasteiger partial charge in [-0.15, -0.1) is 12.4 Å². The third-order valence-electron chi connectivity index (χ3n) is 3.96. The molecule has 0 unspecified atom stereocenters. The van der Waals surface area contributed by atoms with Crippen molar-refractivity contribution < 1.29 is 4.79 Å². The molecule has 1 fully saturated rings. The zero-order chi connectivity index (χ0) is 14.1. The summed E-state index contributed by atoms with van der Waals surface area (Å²) in [5, 5.41) is 2.94. The standard InChI is InChI=1S/C16H24N2O.ClH/c1-15(2,3)12-6-8-13(9-7-12)18-14(19)16(17)10-4-5-11-16;/h6-9H,4-5,10-11,17H2,1-3H3,(H,18,19);1H. The number of amides is 1. The van der Waals surface area contributed by atoms with Crippen LogP contribution in [0.15, 0.2) is 24.3 Å². The van der Waals surface area contributed by atoms with Crippen LogP contribution in [0.2, 0.25) is 0 Å². The number of hydrogen-bond donors (Lipinski definition) is 2. The van der Waals surface area contributed by atoms with Gasteiger partial charge < -0.3 is 11.1 Å². The number of carbonyl (C=O) groups excluding carboxylic acids is 1. The predicted octanol–water partition coefficient (Wildman–Crippen LogP) is 3.62. The predicted molar refractivity (Wildman–Crippen MR) is 86.4 cm³/mol. The van der Waals surface area contributed by atoms with Crippen LogP contribution in [0, 0.1) is 0 Å². The van der Waals surface area contributed by atoms with Gasteiger partial charge in [0.15, 0.2) is 0 Å². The molecule has 1 aromatic rings. The summed E-state index contributed by atoms with van der Waals surface area (Å²) in [7, 11) is 0. The molecule has 3 nitrogen and oxygen atoms in total. The first-order chi connectivity index (χ1) is 8.81. The molecular formula is C16H25ClN2O. The van der Waals surface area contributed by atoms with Crippen LogP contribution >= 0.6 is 12.4 Å². The lowest BCUT2D eigenvalue weighted by molar-refractivity contribution is -0.121. The summed E-state index contributed by atoms with van der Waals surface area (Å²) in [5.74, 6) is -0.0477. The van der Waals surface area contributed by atoms with Crippen molar-refractivity contribution in [3.8, 4) is 0 Å². The highest BCUT2D eigenvalue weighted by atomic mass is 35.5. The molecule has 1 aliphatic carbocycles. The van der Waals surface area contributed by atoms with E-state index in [0.29, 0.717) is 0 Å². The molecule has 0 radical (unpaired) electrons. The maximum Gasteiger partial charge on any atom is 0.244 e. The molecule has 2 rings (SSSR count). The van der Waals surface area contributed by atoms with Crippen LogP contribution in [0.3, 0.4) is 0 Å². The lowest BCUT2D eigenvalue weighted by Crippen LogP contribution is -2.48. The van der Waals surface area contributed by atoms with Gasteiger partial charge in [-0.3, -0.25) is 4.79 Å². The van der Waals surface area contributed by atoms with E-state index in [1.807, 2.05) is 12.1 Å². The molecular weight excluding hydrogens is 272 g/mol. The molecule has 1 aromatic carbocycles. The van der Waals surface area contributed by atoms with Gasteiger partial charge in [0.25, 0.3) is 0 Å². The molecule has 3 N–H and O–H groups in total. The third kappa shape index (κ3) is 3.74. The molecule has 0 bridgehead atoms. The van der Waals surface area contributed by atoms with Crippen LogP contribution in [-0.4, -0.2) is 11.4 Å². The van der Waals surface area contributed by atoms with Crippen molar-refractivity contribution in [1.29, 1.82) is 0 Å². The van der Waals surface area contributed by atoms with E-state index in [2.05, 4.69) is 38.2 Å². The van der Waals surface area contributed by atoms with Crippen molar-refractivity contribution in [2.75, 3.05) is 5.32 Å². The monoisotopic (exact) mass is 296 g/mol. The van der Waals surface area contributed by atoms with Gasteiger partial charge in [-0.2, -0.15) is 0 Å². The Kier molecular flexibility index (Phi) is 5.22. The van der Waals surface area contributed by atoms with Crippen LogP contribution < -0.4 is 11.1 Å². The summed E-state index contributed by atoms with van der Waals surface area (Å²) in [4.78, 5) is 12.2. The van der Waals surface area contributed by atoms with Gasteiger partial charge in [-0.25, -0.2) is 0 Å². The lowest BCUT2D eigenvalue weighted by Gasteiger charge is -2.23. The Bertz CT molecular complexity index is 456. The average molecular weight is 297 g/mol. The highest BCUT2D eigenvalue weighted by Gasteiger charge is 2.36. The molecule has 0 atom stereocenters. The zero-order valence-corrected chi connectivity index (χ0v) is 13.3. The van der Waals surface area contributed by atoms with Gasteiger partial charge in [0.1, 0.15) is 0 Å². The summed E-state index contributed by atoms with van der Waals surface area (Å²) in [6.07, 6.45) is 3.68. The molecule has 0 spiro atoms. The Morgan fingerprint density at radius 3 is 2.10 bits per heavy atom. The lowest BCUT2D eigenvalue weighted by atomic mass is 9.87. The smallest absolute Gasteiger partial charge is 0.244 e. The molecule has 20 heavy (non-hydrogen) atoms. The Morgan fingerprint density at radius 1 is 1.15 bits per heavy atom. The van der Waals surface area contributed by atoms with E-state index in [1.165, 1.54) is 5.56 Å². The van der Waals surface area contributed by atoms with Crippen molar-refractivity contribution in [2.45, 2.75) is 57.4 Å². The minimum Gasteiger partial charge on any atom is -0.324 e. The van der Waals surface area contributed by atoms with E-state index < -0.39 is 5.54 Å². The second-order valence-electron chi connectivity index (χ2n) is 6.64. The first-order valence-electron chi connectivity index (χ1n) is 7.02. The molecule has 0 aromatic heterocycles. The number of hydrogen-bond acceptors (Lipinski definition) is 2. The summed E-state index contributed by atoms with van der Waals surface area (Å²) in [6.45, 7) is 6.52. The molecule has 4 heteroatoms. The quantitative estimate of drug-likeness (QED) is 0.876. The molecule has 112 valence electrons. The van der Waals surface area contributed by atoms with Gasteiger partial charge in [-0.05, 0) is 36.0 Å². The fraction of sp³-hybridized carbons (Fsp3) is 0.562. The van der Waals surface area contributed by atoms with E-state index in [1.54, 1.807) is 0 Å². The Morgan fingerprint density at radius 2 is 1.65 bits per heavy atom. The zero-order valence-electron chi connectivity index (χ0n) is 12.5. The van der Waals surface area contributed by atoms with Crippen molar-refractivity contribution in [2.24, 2.45) is 5.73 Å². The second-order valence-corrected chi connectivity index (χ2v) is 6.64. The van der Waals surface area contributed by atoms with Gasteiger partial charge in [0.05, 0.1) is 5.54 Å². The van der Waals surface area contributed by atoms with Crippen LogP contribution in [0.5, 0.6) is 0 Å². The van der Waals surface area contributed by atoms with Crippen LogP contribution in [0.25, 0.3) is 0 Å².